The molecule has 0 atom stereocenters. The normalized spacial score (nSPS) is 11.7. The molecule has 3 nitrogen and oxygen atoms in total. The Hall–Kier alpha value is -0.940. The fourth-order valence-electron chi connectivity index (χ4n) is 1.33. The summed E-state index contributed by atoms with van der Waals surface area (Å²) < 4.78 is 36.1. The van der Waals surface area contributed by atoms with E-state index in [9.17, 15) is 12.8 Å². The second-order valence-corrected chi connectivity index (χ2v) is 5.38. The van der Waals surface area contributed by atoms with Crippen molar-refractivity contribution in [3.8, 4) is 0 Å². The van der Waals surface area contributed by atoms with Crippen molar-refractivity contribution in [2.24, 2.45) is 0 Å². The third-order valence-corrected chi connectivity index (χ3v) is 4.00. The van der Waals surface area contributed by atoms with Gasteiger partial charge in [0.05, 0.1) is 10.6 Å². The monoisotopic (exact) mass is 232 g/mol. The second-order valence-electron chi connectivity index (χ2n) is 3.31. The molecule has 1 aromatic rings. The third-order valence-electron chi connectivity index (χ3n) is 2.04. The minimum atomic E-state index is -3.40. The van der Waals surface area contributed by atoms with Gasteiger partial charge in [-0.1, -0.05) is 0 Å². The number of halogens is 1. The Morgan fingerprint density at radius 3 is 2.60 bits per heavy atom. The van der Waals surface area contributed by atoms with Gasteiger partial charge in [0.2, 0.25) is 0 Å². The summed E-state index contributed by atoms with van der Waals surface area (Å²) in [6.45, 7) is 1.38. The highest BCUT2D eigenvalue weighted by Crippen LogP contribution is 2.18. The molecular weight excluding hydrogens is 219 g/mol. The zero-order valence-electron chi connectivity index (χ0n) is 8.40. The first kappa shape index (κ1) is 12.1. The van der Waals surface area contributed by atoms with E-state index in [2.05, 4.69) is 0 Å². The van der Waals surface area contributed by atoms with E-state index in [0.29, 0.717) is 5.56 Å². The Morgan fingerprint density at radius 1 is 1.40 bits per heavy atom. The van der Waals surface area contributed by atoms with Crippen molar-refractivity contribution in [1.29, 1.82) is 0 Å². The number of hydrogen-bond donors (Lipinski definition) is 1. The predicted octanol–water partition coefficient (Wildman–Crippen LogP) is 1.29. The molecule has 1 N–H and O–H groups in total. The van der Waals surface area contributed by atoms with Gasteiger partial charge in [-0.15, -0.1) is 0 Å². The third kappa shape index (κ3) is 3.00. The molecule has 0 unspecified atom stereocenters. The van der Waals surface area contributed by atoms with Gasteiger partial charge in [0.25, 0.3) is 0 Å². The first-order chi connectivity index (χ1) is 6.97. The minimum absolute atomic E-state index is 0.115. The van der Waals surface area contributed by atoms with Crippen LogP contribution in [-0.4, -0.2) is 25.9 Å². The van der Waals surface area contributed by atoms with Crippen molar-refractivity contribution in [1.82, 2.24) is 0 Å². The molecule has 0 amide bonds. The average Bonchev–Trinajstić information content (AvgIpc) is 2.14. The van der Waals surface area contributed by atoms with Crippen LogP contribution in [0.4, 0.5) is 4.39 Å². The molecular formula is C10H13FO3S. The van der Waals surface area contributed by atoms with Crippen molar-refractivity contribution in [3.63, 3.8) is 0 Å². The molecule has 0 aliphatic carbocycles. The Kier molecular flexibility index (Phi) is 3.82. The summed E-state index contributed by atoms with van der Waals surface area (Å²) in [5.41, 5.74) is 0.396. The number of benzene rings is 1. The van der Waals surface area contributed by atoms with Gasteiger partial charge in [0.15, 0.2) is 9.84 Å². The van der Waals surface area contributed by atoms with Crippen LogP contribution in [-0.2, 0) is 9.84 Å². The number of aliphatic hydroxyl groups is 1. The zero-order chi connectivity index (χ0) is 11.5. The first-order valence-corrected chi connectivity index (χ1v) is 6.22. The van der Waals surface area contributed by atoms with E-state index in [1.54, 1.807) is 6.92 Å². The topological polar surface area (TPSA) is 54.4 Å². The van der Waals surface area contributed by atoms with Crippen LogP contribution in [0.5, 0.6) is 0 Å². The largest absolute Gasteiger partial charge is 0.396 e. The van der Waals surface area contributed by atoms with Gasteiger partial charge < -0.3 is 5.11 Å². The smallest absolute Gasteiger partial charge is 0.178 e. The quantitative estimate of drug-likeness (QED) is 0.796. The van der Waals surface area contributed by atoms with Crippen LogP contribution in [0.3, 0.4) is 0 Å². The van der Waals surface area contributed by atoms with Crippen LogP contribution in [0.15, 0.2) is 23.1 Å². The van der Waals surface area contributed by atoms with Gasteiger partial charge in [0.1, 0.15) is 5.82 Å². The molecule has 1 aromatic carbocycles. The summed E-state index contributed by atoms with van der Waals surface area (Å²) in [7, 11) is -3.40. The van der Waals surface area contributed by atoms with Crippen molar-refractivity contribution in [2.45, 2.75) is 18.2 Å². The highest BCUT2D eigenvalue weighted by atomic mass is 32.2. The maximum atomic E-state index is 12.8. The Morgan fingerprint density at radius 2 is 2.07 bits per heavy atom. The molecule has 0 bridgehead atoms. The molecule has 0 spiro atoms. The fourth-order valence-corrected chi connectivity index (χ4v) is 2.88. The van der Waals surface area contributed by atoms with Gasteiger partial charge in [-0.05, 0) is 37.1 Å². The highest BCUT2D eigenvalue weighted by molar-refractivity contribution is 7.91. The number of hydrogen-bond acceptors (Lipinski definition) is 3. The summed E-state index contributed by atoms with van der Waals surface area (Å²) >= 11 is 0. The fraction of sp³-hybridized carbons (Fsp3) is 0.400. The number of sulfone groups is 1. The van der Waals surface area contributed by atoms with Crippen molar-refractivity contribution in [3.05, 3.63) is 29.6 Å². The summed E-state index contributed by atoms with van der Waals surface area (Å²) in [6, 6.07) is 3.57. The number of aliphatic hydroxyl groups excluding tert-OH is 1. The first-order valence-electron chi connectivity index (χ1n) is 4.57. The molecule has 84 valence electrons. The lowest BCUT2D eigenvalue weighted by atomic mass is 10.2. The molecule has 1 rings (SSSR count). The minimum Gasteiger partial charge on any atom is -0.396 e. The molecule has 0 aromatic heterocycles. The van der Waals surface area contributed by atoms with Crippen LogP contribution < -0.4 is 0 Å². The molecule has 0 aliphatic rings. The van der Waals surface area contributed by atoms with E-state index in [-0.39, 0.29) is 23.7 Å². The summed E-state index contributed by atoms with van der Waals surface area (Å²) in [4.78, 5) is 0.136. The van der Waals surface area contributed by atoms with E-state index in [1.807, 2.05) is 0 Å². The van der Waals surface area contributed by atoms with Crippen molar-refractivity contribution < 1.29 is 17.9 Å². The molecule has 0 fully saturated rings. The zero-order valence-corrected chi connectivity index (χ0v) is 9.22. The molecule has 5 heteroatoms. The van der Waals surface area contributed by atoms with E-state index < -0.39 is 15.7 Å². The molecule has 0 saturated carbocycles. The van der Waals surface area contributed by atoms with Crippen LogP contribution in [0.2, 0.25) is 0 Å². The molecule has 15 heavy (non-hydrogen) atoms. The SMILES string of the molecule is Cc1cc(F)ccc1S(=O)(=O)CCCO. The van der Waals surface area contributed by atoms with E-state index in [4.69, 9.17) is 5.11 Å². The summed E-state index contributed by atoms with van der Waals surface area (Å²) in [6.07, 6.45) is 0.194. The summed E-state index contributed by atoms with van der Waals surface area (Å²) in [5.74, 6) is -0.565. The standard InChI is InChI=1S/C10H13FO3S/c1-8-7-9(11)3-4-10(8)15(13,14)6-2-5-12/h3-4,7,12H,2,5-6H2,1H3. The number of aryl methyl sites for hydroxylation is 1. The lowest BCUT2D eigenvalue weighted by Crippen LogP contribution is -2.09. The average molecular weight is 232 g/mol. The lowest BCUT2D eigenvalue weighted by Gasteiger charge is -2.06. The predicted molar refractivity (Wildman–Crippen MR) is 54.9 cm³/mol. The lowest BCUT2D eigenvalue weighted by molar-refractivity contribution is 0.295. The van der Waals surface area contributed by atoms with E-state index in [1.165, 1.54) is 12.1 Å². The maximum Gasteiger partial charge on any atom is 0.178 e. The second kappa shape index (κ2) is 4.72. The Labute approximate surface area is 88.5 Å². The van der Waals surface area contributed by atoms with Gasteiger partial charge in [0, 0.05) is 6.61 Å². The molecule has 0 saturated heterocycles. The Bertz CT molecular complexity index is 440. The summed E-state index contributed by atoms with van der Waals surface area (Å²) in [5, 5.41) is 8.57. The van der Waals surface area contributed by atoms with Crippen LogP contribution in [0.25, 0.3) is 0 Å². The van der Waals surface area contributed by atoms with Gasteiger partial charge in [-0.3, -0.25) is 0 Å². The van der Waals surface area contributed by atoms with E-state index >= 15 is 0 Å². The molecule has 0 radical (unpaired) electrons. The number of rotatable bonds is 4. The van der Waals surface area contributed by atoms with Crippen molar-refractivity contribution in [2.75, 3.05) is 12.4 Å². The van der Waals surface area contributed by atoms with Crippen LogP contribution >= 0.6 is 0 Å². The van der Waals surface area contributed by atoms with Crippen molar-refractivity contribution >= 4 is 9.84 Å². The van der Waals surface area contributed by atoms with Gasteiger partial charge >= 0.3 is 0 Å². The van der Waals surface area contributed by atoms with Crippen LogP contribution in [0, 0.1) is 12.7 Å². The molecule has 0 aliphatic heterocycles. The van der Waals surface area contributed by atoms with Gasteiger partial charge in [-0.25, -0.2) is 12.8 Å². The van der Waals surface area contributed by atoms with E-state index in [0.717, 1.165) is 6.07 Å². The van der Waals surface area contributed by atoms with Gasteiger partial charge in [-0.2, -0.15) is 0 Å². The Balaban J connectivity index is 3.05. The molecule has 0 heterocycles. The maximum absolute atomic E-state index is 12.8. The van der Waals surface area contributed by atoms with Crippen LogP contribution in [0.1, 0.15) is 12.0 Å². The highest BCUT2D eigenvalue weighted by Gasteiger charge is 2.16.